The first-order valence-corrected chi connectivity index (χ1v) is 5.95. The van der Waals surface area contributed by atoms with Crippen molar-refractivity contribution in [3.63, 3.8) is 0 Å². The topological polar surface area (TPSA) is 81.8 Å². The molecule has 1 atom stereocenters. The van der Waals surface area contributed by atoms with Crippen LogP contribution in [0.15, 0.2) is 18.2 Å². The molecule has 0 amide bonds. The van der Waals surface area contributed by atoms with Crippen molar-refractivity contribution >= 4 is 18.4 Å². The number of hydrogen-bond donors (Lipinski definition) is 2. The Bertz CT molecular complexity index is 412. The number of benzene rings is 1. The molecule has 0 saturated carbocycles. The van der Waals surface area contributed by atoms with Gasteiger partial charge in [0.2, 0.25) is 0 Å². The van der Waals surface area contributed by atoms with Crippen LogP contribution in [0.5, 0.6) is 11.5 Å². The van der Waals surface area contributed by atoms with Gasteiger partial charge in [-0.2, -0.15) is 0 Å². The Balaban J connectivity index is 0.00000324. The van der Waals surface area contributed by atoms with E-state index in [0.29, 0.717) is 19.0 Å². The largest absolute Gasteiger partial charge is 0.504 e. The van der Waals surface area contributed by atoms with Gasteiger partial charge in [0.1, 0.15) is 0 Å². The minimum absolute atomic E-state index is 0. The van der Waals surface area contributed by atoms with Crippen LogP contribution in [0.4, 0.5) is 0 Å². The summed E-state index contributed by atoms with van der Waals surface area (Å²) in [7, 11) is 0. The highest BCUT2D eigenvalue weighted by atomic mass is 35.5. The summed E-state index contributed by atoms with van der Waals surface area (Å²) >= 11 is 0. The number of phenols is 1. The molecule has 0 saturated heterocycles. The van der Waals surface area contributed by atoms with E-state index in [9.17, 15) is 9.90 Å². The van der Waals surface area contributed by atoms with E-state index in [4.69, 9.17) is 15.2 Å². The van der Waals surface area contributed by atoms with Crippen LogP contribution in [0.2, 0.25) is 0 Å². The van der Waals surface area contributed by atoms with Crippen LogP contribution in [0.1, 0.15) is 31.9 Å². The van der Waals surface area contributed by atoms with Crippen LogP contribution in [0, 0.1) is 0 Å². The van der Waals surface area contributed by atoms with Crippen molar-refractivity contribution in [2.45, 2.75) is 26.3 Å². The zero-order chi connectivity index (χ0) is 13.5. The second kappa shape index (κ2) is 8.61. The lowest BCUT2D eigenvalue weighted by molar-refractivity contribution is -0.143. The van der Waals surface area contributed by atoms with Crippen LogP contribution < -0.4 is 10.5 Å². The fourth-order valence-electron chi connectivity index (χ4n) is 1.55. The van der Waals surface area contributed by atoms with Gasteiger partial charge in [-0.1, -0.05) is 6.07 Å². The normalized spacial score (nSPS) is 11.3. The third-order valence-corrected chi connectivity index (χ3v) is 2.40. The summed E-state index contributed by atoms with van der Waals surface area (Å²) in [5.41, 5.74) is 6.63. The number of rotatable bonds is 6. The minimum Gasteiger partial charge on any atom is -0.504 e. The van der Waals surface area contributed by atoms with Gasteiger partial charge in [0.05, 0.1) is 19.6 Å². The molecule has 0 heterocycles. The molecule has 0 fully saturated rings. The van der Waals surface area contributed by atoms with Crippen molar-refractivity contribution in [1.29, 1.82) is 0 Å². The zero-order valence-corrected chi connectivity index (χ0v) is 11.9. The zero-order valence-electron chi connectivity index (χ0n) is 11.1. The summed E-state index contributed by atoms with van der Waals surface area (Å²) in [6, 6.07) is 4.35. The quantitative estimate of drug-likeness (QED) is 0.784. The lowest BCUT2D eigenvalue weighted by Gasteiger charge is -2.13. The third kappa shape index (κ3) is 5.36. The predicted molar refractivity (Wildman–Crippen MR) is 74.7 cm³/mol. The highest BCUT2D eigenvalue weighted by molar-refractivity contribution is 5.85. The van der Waals surface area contributed by atoms with Crippen molar-refractivity contribution in [3.05, 3.63) is 23.8 Å². The van der Waals surface area contributed by atoms with Gasteiger partial charge in [-0.25, -0.2) is 0 Å². The van der Waals surface area contributed by atoms with Crippen molar-refractivity contribution in [2.24, 2.45) is 5.73 Å². The number of carbonyl (C=O) groups is 1. The van der Waals surface area contributed by atoms with Gasteiger partial charge >= 0.3 is 5.97 Å². The van der Waals surface area contributed by atoms with Crippen LogP contribution in [0.3, 0.4) is 0 Å². The monoisotopic (exact) mass is 289 g/mol. The standard InChI is InChI=1S/C13H19NO4.ClH/c1-3-17-12-7-9(5-6-11(12)15)10(14)8-13(16)18-4-2;/h5-7,10,15H,3-4,8,14H2,1-2H3;1H/t10-;/m0./s1. The average Bonchev–Trinajstić information content (AvgIpc) is 2.32. The molecule has 6 heteroatoms. The number of phenolic OH excluding ortho intramolecular Hbond substituents is 1. The second-order valence-electron chi connectivity index (χ2n) is 3.78. The molecule has 0 aliphatic rings. The molecule has 1 aromatic rings. The number of ether oxygens (including phenoxy) is 2. The Hall–Kier alpha value is -1.46. The molecule has 1 aromatic carbocycles. The van der Waals surface area contributed by atoms with Crippen molar-refractivity contribution < 1.29 is 19.4 Å². The first kappa shape index (κ1) is 17.5. The van der Waals surface area contributed by atoms with E-state index in [0.717, 1.165) is 5.56 Å². The SMILES string of the molecule is CCOC(=O)C[C@H](N)c1ccc(O)c(OCC)c1.Cl. The summed E-state index contributed by atoms with van der Waals surface area (Å²) in [6.45, 7) is 4.36. The maximum Gasteiger partial charge on any atom is 0.307 e. The molecule has 0 radical (unpaired) electrons. The van der Waals surface area contributed by atoms with Crippen molar-refractivity contribution in [1.82, 2.24) is 0 Å². The average molecular weight is 290 g/mol. The van der Waals surface area contributed by atoms with Crippen LogP contribution >= 0.6 is 12.4 Å². The van der Waals surface area contributed by atoms with Gasteiger partial charge < -0.3 is 20.3 Å². The molecular weight excluding hydrogens is 270 g/mol. The summed E-state index contributed by atoms with van der Waals surface area (Å²) in [5, 5.41) is 9.56. The molecule has 0 bridgehead atoms. The smallest absolute Gasteiger partial charge is 0.307 e. The number of carbonyl (C=O) groups excluding carboxylic acids is 1. The Labute approximate surface area is 119 Å². The first-order chi connectivity index (χ1) is 8.58. The number of halogens is 1. The highest BCUT2D eigenvalue weighted by Crippen LogP contribution is 2.29. The Kier molecular flexibility index (Phi) is 7.95. The van der Waals surface area contributed by atoms with Gasteiger partial charge in [-0.15, -0.1) is 12.4 Å². The van der Waals surface area contributed by atoms with Gasteiger partial charge in [-0.05, 0) is 31.5 Å². The van der Waals surface area contributed by atoms with Crippen LogP contribution in [-0.4, -0.2) is 24.3 Å². The predicted octanol–water partition coefficient (Wildman–Crippen LogP) is 2.17. The summed E-state index contributed by atoms with van der Waals surface area (Å²) in [5.74, 6) is 0.0919. The molecule has 0 aliphatic carbocycles. The van der Waals surface area contributed by atoms with E-state index < -0.39 is 6.04 Å². The maximum absolute atomic E-state index is 11.3. The molecule has 19 heavy (non-hydrogen) atoms. The van der Waals surface area contributed by atoms with E-state index in [2.05, 4.69) is 0 Å². The van der Waals surface area contributed by atoms with Gasteiger partial charge in [0, 0.05) is 6.04 Å². The van der Waals surface area contributed by atoms with Gasteiger partial charge in [-0.3, -0.25) is 4.79 Å². The van der Waals surface area contributed by atoms with E-state index in [1.54, 1.807) is 19.1 Å². The Morgan fingerprint density at radius 3 is 2.63 bits per heavy atom. The number of esters is 1. The lowest BCUT2D eigenvalue weighted by atomic mass is 10.0. The Morgan fingerprint density at radius 2 is 2.05 bits per heavy atom. The molecule has 0 aliphatic heterocycles. The van der Waals surface area contributed by atoms with E-state index in [1.807, 2.05) is 6.92 Å². The lowest BCUT2D eigenvalue weighted by Crippen LogP contribution is -2.17. The van der Waals surface area contributed by atoms with E-state index >= 15 is 0 Å². The fourth-order valence-corrected chi connectivity index (χ4v) is 1.55. The van der Waals surface area contributed by atoms with Crippen LogP contribution in [0.25, 0.3) is 0 Å². The molecule has 3 N–H and O–H groups in total. The summed E-state index contributed by atoms with van der Waals surface area (Å²) in [4.78, 5) is 11.3. The minimum atomic E-state index is -0.469. The van der Waals surface area contributed by atoms with Crippen LogP contribution in [-0.2, 0) is 9.53 Å². The molecule has 0 unspecified atom stereocenters. The highest BCUT2D eigenvalue weighted by Gasteiger charge is 2.14. The number of nitrogens with two attached hydrogens (primary N) is 1. The maximum atomic E-state index is 11.3. The number of hydrogen-bond acceptors (Lipinski definition) is 5. The molecule has 0 spiro atoms. The molecule has 5 nitrogen and oxygen atoms in total. The molecule has 1 rings (SSSR count). The van der Waals surface area contributed by atoms with E-state index in [1.165, 1.54) is 6.07 Å². The molecular formula is C13H20ClNO4. The third-order valence-electron chi connectivity index (χ3n) is 2.40. The summed E-state index contributed by atoms with van der Waals surface area (Å²) in [6.07, 6.45) is 0.101. The summed E-state index contributed by atoms with van der Waals surface area (Å²) < 4.78 is 10.1. The van der Waals surface area contributed by atoms with Gasteiger partial charge in [0.25, 0.3) is 0 Å². The van der Waals surface area contributed by atoms with E-state index in [-0.39, 0.29) is 30.5 Å². The second-order valence-corrected chi connectivity index (χ2v) is 3.78. The molecule has 108 valence electrons. The fraction of sp³-hybridized carbons (Fsp3) is 0.462. The van der Waals surface area contributed by atoms with Crippen molar-refractivity contribution in [3.8, 4) is 11.5 Å². The Morgan fingerprint density at radius 1 is 1.37 bits per heavy atom. The first-order valence-electron chi connectivity index (χ1n) is 5.95. The number of aromatic hydroxyl groups is 1. The van der Waals surface area contributed by atoms with Crippen molar-refractivity contribution in [2.75, 3.05) is 13.2 Å². The van der Waals surface area contributed by atoms with Gasteiger partial charge in [0.15, 0.2) is 11.5 Å². The molecule has 0 aromatic heterocycles.